The molecule has 7 heteroatoms. The lowest BCUT2D eigenvalue weighted by Gasteiger charge is -2.11. The summed E-state index contributed by atoms with van der Waals surface area (Å²) < 4.78 is 21.1. The molecular weight excluding hydrogens is 559 g/mol. The van der Waals surface area contributed by atoms with Crippen LogP contribution in [0.3, 0.4) is 0 Å². The third-order valence-electron chi connectivity index (χ3n) is 7.10. The molecule has 0 rings (SSSR count). The summed E-state index contributed by atoms with van der Waals surface area (Å²) in [6.45, 7) is 4.44. The first kappa shape index (κ1) is 41.1. The van der Waals surface area contributed by atoms with Gasteiger partial charge in [0, 0.05) is 12.8 Å². The first-order chi connectivity index (χ1) is 20.9. The molecule has 0 aliphatic carbocycles. The summed E-state index contributed by atoms with van der Waals surface area (Å²) in [5.74, 6) is -1.61. The Hall–Kier alpha value is -1.91. The molecule has 0 fully saturated rings. The van der Waals surface area contributed by atoms with Crippen LogP contribution in [0.4, 0.5) is 0 Å². The monoisotopic (exact) mass is 622 g/mol. The van der Waals surface area contributed by atoms with Crippen molar-refractivity contribution >= 4 is 19.8 Å². The number of hydrogen-bond donors (Lipinski definition) is 1. The summed E-state index contributed by atoms with van der Waals surface area (Å²) in [5, 5.41) is 0. The highest BCUT2D eigenvalue weighted by Crippen LogP contribution is 2.44. The van der Waals surface area contributed by atoms with E-state index in [2.05, 4.69) is 71.5 Å². The second-order valence-corrected chi connectivity index (χ2v) is 12.7. The van der Waals surface area contributed by atoms with Crippen molar-refractivity contribution in [2.45, 2.75) is 168 Å². The van der Waals surface area contributed by atoms with Crippen LogP contribution in [0.25, 0.3) is 0 Å². The van der Waals surface area contributed by atoms with Crippen molar-refractivity contribution in [2.75, 3.05) is 0 Å². The number of phosphoric acid groups is 1. The largest absolute Gasteiger partial charge is 0.589 e. The average Bonchev–Trinajstić information content (AvgIpc) is 2.96. The van der Waals surface area contributed by atoms with Crippen molar-refractivity contribution in [3.8, 4) is 0 Å². The fraction of sp³-hybridized carbons (Fsp3) is 0.722. The van der Waals surface area contributed by atoms with Crippen LogP contribution in [-0.4, -0.2) is 16.8 Å². The van der Waals surface area contributed by atoms with Gasteiger partial charge in [0.2, 0.25) is 0 Å². The quantitative estimate of drug-likeness (QED) is 0.0487. The van der Waals surface area contributed by atoms with Gasteiger partial charge in [0.1, 0.15) is 0 Å². The van der Waals surface area contributed by atoms with E-state index in [1.165, 1.54) is 51.4 Å². The maximum Gasteiger partial charge on any atom is 0.589 e. The van der Waals surface area contributed by atoms with Gasteiger partial charge in [0.15, 0.2) is 0 Å². The molecule has 0 atom stereocenters. The predicted molar refractivity (Wildman–Crippen MR) is 181 cm³/mol. The highest BCUT2D eigenvalue weighted by Gasteiger charge is 2.30. The molecule has 0 amide bonds. The highest BCUT2D eigenvalue weighted by molar-refractivity contribution is 7.48. The van der Waals surface area contributed by atoms with E-state index in [1.54, 1.807) is 0 Å². The zero-order chi connectivity index (χ0) is 31.7. The molecule has 0 spiro atoms. The molecule has 0 aliphatic rings. The smallest absolute Gasteiger partial charge is 0.361 e. The Morgan fingerprint density at radius 3 is 1.14 bits per heavy atom. The molecule has 0 aliphatic heterocycles. The van der Waals surface area contributed by atoms with Gasteiger partial charge in [0.05, 0.1) is 0 Å². The molecule has 248 valence electrons. The van der Waals surface area contributed by atoms with Crippen LogP contribution in [0.15, 0.2) is 48.6 Å². The Kier molecular flexibility index (Phi) is 30.1. The van der Waals surface area contributed by atoms with Crippen molar-refractivity contribution in [2.24, 2.45) is 0 Å². The molecule has 0 saturated carbocycles. The minimum Gasteiger partial charge on any atom is -0.361 e. The minimum absolute atomic E-state index is 0.0392. The van der Waals surface area contributed by atoms with Crippen LogP contribution in [0.2, 0.25) is 0 Å². The molecule has 43 heavy (non-hydrogen) atoms. The number of carbonyl (C=O) groups excluding carboxylic acids is 2. The van der Waals surface area contributed by atoms with Gasteiger partial charge in [-0.2, -0.15) is 0 Å². The van der Waals surface area contributed by atoms with E-state index in [4.69, 9.17) is 0 Å². The lowest BCUT2D eigenvalue weighted by Crippen LogP contribution is -2.08. The van der Waals surface area contributed by atoms with Gasteiger partial charge in [-0.15, -0.1) is 0 Å². The third kappa shape index (κ3) is 32.8. The average molecular weight is 623 g/mol. The van der Waals surface area contributed by atoms with Crippen LogP contribution >= 0.6 is 7.82 Å². The van der Waals surface area contributed by atoms with Crippen LogP contribution in [-0.2, 0) is 23.2 Å². The van der Waals surface area contributed by atoms with Gasteiger partial charge in [-0.25, -0.2) is 4.57 Å². The Morgan fingerprint density at radius 2 is 0.791 bits per heavy atom. The Morgan fingerprint density at radius 1 is 0.488 bits per heavy atom. The van der Waals surface area contributed by atoms with Crippen molar-refractivity contribution in [1.82, 2.24) is 0 Å². The van der Waals surface area contributed by atoms with Crippen molar-refractivity contribution in [3.05, 3.63) is 48.6 Å². The van der Waals surface area contributed by atoms with Crippen molar-refractivity contribution in [3.63, 3.8) is 0 Å². The van der Waals surface area contributed by atoms with Gasteiger partial charge in [-0.05, 0) is 77.0 Å². The van der Waals surface area contributed by atoms with E-state index in [-0.39, 0.29) is 12.8 Å². The molecule has 0 bridgehead atoms. The van der Waals surface area contributed by atoms with Gasteiger partial charge < -0.3 is 9.05 Å². The summed E-state index contributed by atoms with van der Waals surface area (Å²) in [5.41, 5.74) is 0. The Labute approximate surface area is 264 Å². The first-order valence-corrected chi connectivity index (χ1v) is 18.8. The molecule has 0 radical (unpaired) electrons. The number of unbranched alkanes of at least 4 members (excludes halogenated alkanes) is 16. The molecule has 1 N–H and O–H groups in total. The van der Waals surface area contributed by atoms with Crippen molar-refractivity contribution < 1.29 is 28.1 Å². The maximum absolute atomic E-state index is 12.0. The summed E-state index contributed by atoms with van der Waals surface area (Å²) in [6, 6.07) is 0. The topological polar surface area (TPSA) is 89.9 Å². The van der Waals surface area contributed by atoms with E-state index in [0.717, 1.165) is 77.0 Å². The second-order valence-electron chi connectivity index (χ2n) is 11.4. The van der Waals surface area contributed by atoms with Gasteiger partial charge >= 0.3 is 19.8 Å². The molecule has 0 unspecified atom stereocenters. The highest BCUT2D eigenvalue weighted by atomic mass is 31.2. The van der Waals surface area contributed by atoms with Gasteiger partial charge in [-0.1, -0.05) is 127 Å². The number of phosphoric ester groups is 1. The molecule has 0 aromatic carbocycles. The van der Waals surface area contributed by atoms with E-state index in [0.29, 0.717) is 12.8 Å². The maximum atomic E-state index is 12.0. The molecule has 0 aromatic rings. The van der Waals surface area contributed by atoms with E-state index < -0.39 is 19.8 Å². The normalized spacial score (nSPS) is 12.3. The number of rotatable bonds is 30. The summed E-state index contributed by atoms with van der Waals surface area (Å²) in [4.78, 5) is 33.6. The molecule has 0 saturated heterocycles. The van der Waals surface area contributed by atoms with Gasteiger partial charge in [0.25, 0.3) is 0 Å². The third-order valence-corrected chi connectivity index (χ3v) is 7.97. The predicted octanol–water partition coefficient (Wildman–Crippen LogP) is 11.8. The Bertz CT molecular complexity index is 766. The summed E-state index contributed by atoms with van der Waals surface area (Å²) in [7, 11) is -4.71. The molecule has 0 aromatic heterocycles. The minimum atomic E-state index is -4.71. The summed E-state index contributed by atoms with van der Waals surface area (Å²) >= 11 is 0. The van der Waals surface area contributed by atoms with Crippen LogP contribution < -0.4 is 0 Å². The van der Waals surface area contributed by atoms with Gasteiger partial charge in [-0.3, -0.25) is 14.5 Å². The molecule has 0 heterocycles. The SMILES string of the molecule is CCCCC/C=C\C/C=C\CCCCCCCC(=O)OP(=O)(O)OC(=O)CCCCCCC/C=C\C/C=C\CCCCC. The van der Waals surface area contributed by atoms with E-state index in [9.17, 15) is 19.0 Å². The zero-order valence-electron chi connectivity index (χ0n) is 27.5. The van der Waals surface area contributed by atoms with E-state index in [1.807, 2.05) is 0 Å². The number of hydrogen-bond acceptors (Lipinski definition) is 5. The fourth-order valence-electron chi connectivity index (χ4n) is 4.53. The van der Waals surface area contributed by atoms with Crippen molar-refractivity contribution in [1.29, 1.82) is 0 Å². The molecule has 6 nitrogen and oxygen atoms in total. The van der Waals surface area contributed by atoms with E-state index >= 15 is 0 Å². The zero-order valence-corrected chi connectivity index (χ0v) is 28.4. The molecular formula is C36H63O6P. The summed E-state index contributed by atoms with van der Waals surface area (Å²) in [6.07, 6.45) is 41.3. The van der Waals surface area contributed by atoms with Crippen LogP contribution in [0.5, 0.6) is 0 Å². The number of allylic oxidation sites excluding steroid dienone is 8. The van der Waals surface area contributed by atoms with Crippen LogP contribution in [0.1, 0.15) is 168 Å². The first-order valence-electron chi connectivity index (χ1n) is 17.3. The van der Waals surface area contributed by atoms with Crippen LogP contribution in [0, 0.1) is 0 Å². The Balaban J connectivity index is 3.68. The standard InChI is InChI=1S/C36H63O6P/c1-3-5-7-9-11-13-15-17-19-21-23-25-27-29-31-33-35(37)41-43(39,40)42-36(38)34-32-30-28-26-24-22-20-18-16-14-12-10-8-6-4-2/h11-14,17-20H,3-10,15-16,21-34H2,1-2H3,(H,39,40)/b13-11-,14-12-,19-17-,20-18-. The fourth-order valence-corrected chi connectivity index (χ4v) is 5.26. The lowest BCUT2D eigenvalue weighted by atomic mass is 10.1. The lowest BCUT2D eigenvalue weighted by molar-refractivity contribution is -0.140. The second kappa shape index (κ2) is 31.5. The number of carbonyl (C=O) groups is 2.